The number of hydrogen-bond acceptors (Lipinski definition) is 6. The van der Waals surface area contributed by atoms with Crippen molar-refractivity contribution in [2.75, 3.05) is 11.9 Å². The molecule has 4 rings (SSSR count). The maximum absolute atomic E-state index is 12.5. The molecule has 32 heavy (non-hydrogen) atoms. The Morgan fingerprint density at radius 2 is 1.88 bits per heavy atom. The van der Waals surface area contributed by atoms with Crippen LogP contribution in [0.15, 0.2) is 24.3 Å². The van der Waals surface area contributed by atoms with Crippen LogP contribution in [0.5, 0.6) is 0 Å². The minimum absolute atomic E-state index is 0.232. The number of aryl methyl sites for hydroxylation is 3. The van der Waals surface area contributed by atoms with E-state index in [1.165, 1.54) is 16.0 Å². The van der Waals surface area contributed by atoms with Gasteiger partial charge in [0, 0.05) is 41.9 Å². The van der Waals surface area contributed by atoms with Crippen molar-refractivity contribution in [2.45, 2.75) is 60.4 Å². The number of fused-ring (bicyclic) bond motifs is 1. The molecule has 6 nitrogen and oxygen atoms in total. The van der Waals surface area contributed by atoms with E-state index in [0.717, 1.165) is 53.1 Å². The van der Waals surface area contributed by atoms with Crippen molar-refractivity contribution in [3.8, 4) is 0 Å². The molecule has 0 spiro atoms. The summed E-state index contributed by atoms with van der Waals surface area (Å²) in [6.07, 6.45) is 2.16. The normalized spacial score (nSPS) is 13.4. The summed E-state index contributed by atoms with van der Waals surface area (Å²) in [7, 11) is 0. The summed E-state index contributed by atoms with van der Waals surface area (Å²) < 4.78 is 0. The van der Waals surface area contributed by atoms with E-state index in [4.69, 9.17) is 9.97 Å². The first-order chi connectivity index (χ1) is 15.3. The largest absolute Gasteiger partial charge is 0.337 e. The van der Waals surface area contributed by atoms with Gasteiger partial charge in [-0.1, -0.05) is 55.0 Å². The summed E-state index contributed by atoms with van der Waals surface area (Å²) in [5.41, 5.74) is 5.63. The zero-order valence-corrected chi connectivity index (χ0v) is 20.3. The van der Waals surface area contributed by atoms with Crippen molar-refractivity contribution in [3.63, 3.8) is 0 Å². The minimum Gasteiger partial charge on any atom is -0.337 e. The van der Waals surface area contributed by atoms with Crippen LogP contribution in [0.25, 0.3) is 0 Å². The van der Waals surface area contributed by atoms with Gasteiger partial charge >= 0.3 is 0 Å². The van der Waals surface area contributed by atoms with Crippen LogP contribution in [-0.2, 0) is 24.2 Å². The van der Waals surface area contributed by atoms with Gasteiger partial charge in [0.15, 0.2) is 5.13 Å². The first kappa shape index (κ1) is 22.4. The van der Waals surface area contributed by atoms with E-state index in [0.29, 0.717) is 18.9 Å². The van der Waals surface area contributed by atoms with Crippen LogP contribution < -0.4 is 5.32 Å². The van der Waals surface area contributed by atoms with E-state index >= 15 is 0 Å². The van der Waals surface area contributed by atoms with Crippen molar-refractivity contribution in [1.29, 1.82) is 0 Å². The SMILES string of the molecule is Cc1ccc(Cc2c(C)nc(C)nc2Nc2nc3c(s2)CN(C(=O)CC(C)C)CC3)cc1. The van der Waals surface area contributed by atoms with Crippen LogP contribution in [-0.4, -0.2) is 32.3 Å². The van der Waals surface area contributed by atoms with Crippen LogP contribution in [0.1, 0.15) is 59.0 Å². The lowest BCUT2D eigenvalue weighted by molar-refractivity contribution is -0.132. The number of rotatable bonds is 6. The molecule has 0 saturated carbocycles. The average Bonchev–Trinajstić information content (AvgIpc) is 3.13. The molecule has 0 aliphatic carbocycles. The van der Waals surface area contributed by atoms with E-state index in [1.54, 1.807) is 11.3 Å². The fourth-order valence-electron chi connectivity index (χ4n) is 4.00. The Kier molecular flexibility index (Phi) is 6.55. The predicted molar refractivity (Wildman–Crippen MR) is 129 cm³/mol. The fourth-order valence-corrected chi connectivity index (χ4v) is 5.03. The summed E-state index contributed by atoms with van der Waals surface area (Å²) in [5, 5.41) is 4.30. The maximum Gasteiger partial charge on any atom is 0.223 e. The second-order valence-corrected chi connectivity index (χ2v) is 10.1. The summed E-state index contributed by atoms with van der Waals surface area (Å²) in [4.78, 5) is 29.8. The zero-order valence-electron chi connectivity index (χ0n) is 19.5. The van der Waals surface area contributed by atoms with Crippen LogP contribution in [0.2, 0.25) is 0 Å². The van der Waals surface area contributed by atoms with Crippen molar-refractivity contribution in [3.05, 3.63) is 63.0 Å². The van der Waals surface area contributed by atoms with Gasteiger partial charge in [-0.2, -0.15) is 0 Å². The van der Waals surface area contributed by atoms with Gasteiger partial charge in [-0.25, -0.2) is 15.0 Å². The lowest BCUT2D eigenvalue weighted by Gasteiger charge is -2.26. The third kappa shape index (κ3) is 5.15. The number of benzene rings is 1. The van der Waals surface area contributed by atoms with Gasteiger partial charge in [0.25, 0.3) is 0 Å². The van der Waals surface area contributed by atoms with Gasteiger partial charge in [0.2, 0.25) is 5.91 Å². The molecule has 1 amide bonds. The quantitative estimate of drug-likeness (QED) is 0.565. The van der Waals surface area contributed by atoms with E-state index in [-0.39, 0.29) is 5.91 Å². The number of nitrogens with one attached hydrogen (secondary N) is 1. The minimum atomic E-state index is 0.232. The Labute approximate surface area is 194 Å². The molecule has 1 aliphatic rings. The number of anilines is 2. The predicted octanol–water partition coefficient (Wildman–Crippen LogP) is 5.12. The van der Waals surface area contributed by atoms with Crippen LogP contribution in [0, 0.1) is 26.7 Å². The first-order valence-electron chi connectivity index (χ1n) is 11.2. The van der Waals surface area contributed by atoms with Gasteiger partial charge in [-0.05, 0) is 32.3 Å². The highest BCUT2D eigenvalue weighted by atomic mass is 32.1. The Balaban J connectivity index is 1.56. The molecule has 0 atom stereocenters. The molecule has 0 radical (unpaired) electrons. The highest BCUT2D eigenvalue weighted by Gasteiger charge is 2.25. The summed E-state index contributed by atoms with van der Waals surface area (Å²) in [6, 6.07) is 8.58. The standard InChI is InChI=1S/C25H31N5OS/c1-15(2)12-23(31)30-11-10-21-22(14-30)32-25(28-21)29-24-20(17(4)26-18(5)27-24)13-19-8-6-16(3)7-9-19/h6-9,15H,10-14H2,1-5H3,(H,26,27,28,29). The molecule has 2 aromatic heterocycles. The summed E-state index contributed by atoms with van der Waals surface area (Å²) in [5.74, 6) is 2.16. The molecule has 1 aliphatic heterocycles. The van der Waals surface area contributed by atoms with E-state index < -0.39 is 0 Å². The van der Waals surface area contributed by atoms with Gasteiger partial charge in [0.1, 0.15) is 11.6 Å². The molecular formula is C25H31N5OS. The summed E-state index contributed by atoms with van der Waals surface area (Å²) >= 11 is 1.62. The second-order valence-electron chi connectivity index (χ2n) is 9.02. The number of amides is 1. The van der Waals surface area contributed by atoms with Crippen LogP contribution >= 0.6 is 11.3 Å². The number of carbonyl (C=O) groups is 1. The number of thiazole rings is 1. The molecule has 7 heteroatoms. The Morgan fingerprint density at radius 1 is 1.12 bits per heavy atom. The Bertz CT molecular complexity index is 1120. The molecule has 168 valence electrons. The second kappa shape index (κ2) is 9.36. The van der Waals surface area contributed by atoms with Crippen molar-refractivity contribution in [1.82, 2.24) is 19.9 Å². The van der Waals surface area contributed by atoms with Crippen molar-refractivity contribution in [2.24, 2.45) is 5.92 Å². The third-order valence-electron chi connectivity index (χ3n) is 5.72. The van der Waals surface area contributed by atoms with Crippen LogP contribution in [0.4, 0.5) is 10.9 Å². The zero-order chi connectivity index (χ0) is 22.8. The average molecular weight is 450 g/mol. The molecule has 3 heterocycles. The number of nitrogens with zero attached hydrogens (tertiary/aromatic N) is 4. The van der Waals surface area contributed by atoms with Crippen LogP contribution in [0.3, 0.4) is 0 Å². The molecule has 0 bridgehead atoms. The summed E-state index contributed by atoms with van der Waals surface area (Å²) in [6.45, 7) is 11.6. The van der Waals surface area contributed by atoms with Gasteiger partial charge in [-0.15, -0.1) is 0 Å². The molecule has 0 fully saturated rings. The Morgan fingerprint density at radius 3 is 2.59 bits per heavy atom. The molecule has 0 unspecified atom stereocenters. The molecule has 1 N–H and O–H groups in total. The highest BCUT2D eigenvalue weighted by Crippen LogP contribution is 2.32. The monoisotopic (exact) mass is 449 g/mol. The smallest absolute Gasteiger partial charge is 0.223 e. The lowest BCUT2D eigenvalue weighted by atomic mass is 10.0. The topological polar surface area (TPSA) is 71.0 Å². The van der Waals surface area contributed by atoms with Crippen molar-refractivity contribution >= 4 is 28.2 Å². The maximum atomic E-state index is 12.5. The van der Waals surface area contributed by atoms with E-state index in [1.807, 2.05) is 18.7 Å². The molecular weight excluding hydrogens is 418 g/mol. The van der Waals surface area contributed by atoms with Crippen molar-refractivity contribution < 1.29 is 4.79 Å². The van der Waals surface area contributed by atoms with Gasteiger partial charge in [0.05, 0.1) is 12.2 Å². The molecule has 1 aromatic carbocycles. The first-order valence-corrected chi connectivity index (χ1v) is 12.0. The molecule has 3 aromatic rings. The highest BCUT2D eigenvalue weighted by molar-refractivity contribution is 7.15. The molecule has 0 saturated heterocycles. The number of hydrogen-bond donors (Lipinski definition) is 1. The number of carbonyl (C=O) groups excluding carboxylic acids is 1. The Hall–Kier alpha value is -2.80. The van der Waals surface area contributed by atoms with E-state index in [2.05, 4.69) is 55.3 Å². The lowest BCUT2D eigenvalue weighted by Crippen LogP contribution is -2.36. The number of aromatic nitrogens is 3. The fraction of sp³-hybridized carbons (Fsp3) is 0.440. The van der Waals surface area contributed by atoms with E-state index in [9.17, 15) is 4.79 Å². The van der Waals surface area contributed by atoms with Gasteiger partial charge in [-0.3, -0.25) is 4.79 Å². The van der Waals surface area contributed by atoms with Gasteiger partial charge < -0.3 is 10.2 Å². The third-order valence-corrected chi connectivity index (χ3v) is 6.72.